The van der Waals surface area contributed by atoms with E-state index in [0.717, 1.165) is 17.5 Å². The van der Waals surface area contributed by atoms with Gasteiger partial charge in [0.05, 0.1) is 11.0 Å². The van der Waals surface area contributed by atoms with Gasteiger partial charge in [0.1, 0.15) is 6.54 Å². The Kier molecular flexibility index (Phi) is 4.27. The lowest BCUT2D eigenvalue weighted by Crippen LogP contribution is -2.36. The van der Waals surface area contributed by atoms with Gasteiger partial charge in [-0.05, 0) is 32.4 Å². The van der Waals surface area contributed by atoms with Crippen molar-refractivity contribution in [3.05, 3.63) is 34.7 Å². The van der Waals surface area contributed by atoms with Crippen molar-refractivity contribution in [1.29, 1.82) is 0 Å². The van der Waals surface area contributed by atoms with Gasteiger partial charge in [-0.15, -0.1) is 0 Å². The van der Waals surface area contributed by atoms with Crippen molar-refractivity contribution in [2.45, 2.75) is 46.3 Å². The highest BCUT2D eigenvalue weighted by Crippen LogP contribution is 2.13. The molecule has 0 unspecified atom stereocenters. The van der Waals surface area contributed by atoms with E-state index in [0.29, 0.717) is 6.54 Å². The standard InChI is InChI=1S/C15H21N3O2/c1-4-9-17-12-7-5-6-8-13(12)18(15(17)20)10-14(19)16-11(2)3/h5-8,11H,4,9-10H2,1-3H3,(H,16,19). The second-order valence-electron chi connectivity index (χ2n) is 5.23. The predicted octanol–water partition coefficient (Wildman–Crippen LogP) is 1.74. The molecule has 2 rings (SSSR count). The monoisotopic (exact) mass is 275 g/mol. The molecule has 0 aliphatic carbocycles. The molecule has 2 aromatic rings. The molecule has 0 fully saturated rings. The zero-order chi connectivity index (χ0) is 14.7. The molecule has 108 valence electrons. The van der Waals surface area contributed by atoms with Crippen LogP contribution in [0.3, 0.4) is 0 Å². The van der Waals surface area contributed by atoms with E-state index in [4.69, 9.17) is 0 Å². The molecule has 0 saturated heterocycles. The zero-order valence-electron chi connectivity index (χ0n) is 12.2. The minimum atomic E-state index is -0.137. The van der Waals surface area contributed by atoms with Crippen molar-refractivity contribution in [2.24, 2.45) is 0 Å². The number of carbonyl (C=O) groups is 1. The Morgan fingerprint density at radius 3 is 2.35 bits per heavy atom. The molecule has 5 nitrogen and oxygen atoms in total. The number of carbonyl (C=O) groups excluding carboxylic acids is 1. The Balaban J connectivity index is 2.45. The van der Waals surface area contributed by atoms with E-state index in [1.54, 1.807) is 9.13 Å². The largest absolute Gasteiger partial charge is 0.352 e. The van der Waals surface area contributed by atoms with E-state index in [1.165, 1.54) is 0 Å². The highest BCUT2D eigenvalue weighted by atomic mass is 16.2. The summed E-state index contributed by atoms with van der Waals surface area (Å²) in [7, 11) is 0. The quantitative estimate of drug-likeness (QED) is 0.903. The molecular weight excluding hydrogens is 254 g/mol. The van der Waals surface area contributed by atoms with Crippen molar-refractivity contribution in [1.82, 2.24) is 14.5 Å². The van der Waals surface area contributed by atoms with Crippen LogP contribution in [-0.4, -0.2) is 21.1 Å². The van der Waals surface area contributed by atoms with Crippen LogP contribution in [0, 0.1) is 0 Å². The number of benzene rings is 1. The van der Waals surface area contributed by atoms with Gasteiger partial charge in [-0.1, -0.05) is 19.1 Å². The van der Waals surface area contributed by atoms with E-state index >= 15 is 0 Å². The molecule has 0 bridgehead atoms. The minimum Gasteiger partial charge on any atom is -0.352 e. The number of hydrogen-bond acceptors (Lipinski definition) is 2. The second kappa shape index (κ2) is 5.94. The Morgan fingerprint density at radius 1 is 1.20 bits per heavy atom. The van der Waals surface area contributed by atoms with Gasteiger partial charge in [0, 0.05) is 12.6 Å². The first-order valence-corrected chi connectivity index (χ1v) is 7.02. The fourth-order valence-corrected chi connectivity index (χ4v) is 2.38. The molecule has 20 heavy (non-hydrogen) atoms. The van der Waals surface area contributed by atoms with Crippen molar-refractivity contribution >= 4 is 16.9 Å². The molecule has 0 aliphatic heterocycles. The number of fused-ring (bicyclic) bond motifs is 1. The molecule has 1 amide bonds. The van der Waals surface area contributed by atoms with E-state index in [1.807, 2.05) is 45.0 Å². The van der Waals surface area contributed by atoms with Crippen LogP contribution in [0.4, 0.5) is 0 Å². The lowest BCUT2D eigenvalue weighted by atomic mass is 10.3. The van der Waals surface area contributed by atoms with E-state index in [9.17, 15) is 9.59 Å². The van der Waals surface area contributed by atoms with Crippen LogP contribution in [0.5, 0.6) is 0 Å². The Morgan fingerprint density at radius 2 is 1.80 bits per heavy atom. The Labute approximate surface area is 118 Å². The molecule has 1 heterocycles. The lowest BCUT2D eigenvalue weighted by Gasteiger charge is -2.08. The number of para-hydroxylation sites is 2. The summed E-state index contributed by atoms with van der Waals surface area (Å²) in [6.07, 6.45) is 0.881. The fourth-order valence-electron chi connectivity index (χ4n) is 2.38. The summed E-state index contributed by atoms with van der Waals surface area (Å²) in [5, 5.41) is 2.82. The lowest BCUT2D eigenvalue weighted by molar-refractivity contribution is -0.122. The van der Waals surface area contributed by atoms with E-state index < -0.39 is 0 Å². The molecule has 1 aromatic carbocycles. The summed E-state index contributed by atoms with van der Waals surface area (Å²) in [5.41, 5.74) is 1.58. The summed E-state index contributed by atoms with van der Waals surface area (Å²) in [6, 6.07) is 7.66. The van der Waals surface area contributed by atoms with Gasteiger partial charge < -0.3 is 5.32 Å². The molecule has 0 spiro atoms. The molecular formula is C15H21N3O2. The van der Waals surface area contributed by atoms with Crippen molar-refractivity contribution in [3.63, 3.8) is 0 Å². The normalized spacial score (nSPS) is 11.2. The van der Waals surface area contributed by atoms with Gasteiger partial charge in [-0.3, -0.25) is 13.9 Å². The van der Waals surface area contributed by atoms with Crippen LogP contribution in [0.2, 0.25) is 0 Å². The molecule has 1 aromatic heterocycles. The van der Waals surface area contributed by atoms with Gasteiger partial charge >= 0.3 is 5.69 Å². The van der Waals surface area contributed by atoms with Gasteiger partial charge in [0.25, 0.3) is 0 Å². The minimum absolute atomic E-state index is 0.0637. The Bertz CT molecular complexity index is 667. The van der Waals surface area contributed by atoms with E-state index in [-0.39, 0.29) is 24.2 Å². The van der Waals surface area contributed by atoms with Crippen LogP contribution in [0.25, 0.3) is 11.0 Å². The van der Waals surface area contributed by atoms with Crippen molar-refractivity contribution in [2.75, 3.05) is 0 Å². The number of nitrogens with one attached hydrogen (secondary N) is 1. The topological polar surface area (TPSA) is 56.0 Å². The van der Waals surface area contributed by atoms with Gasteiger partial charge in [0.2, 0.25) is 5.91 Å². The summed E-state index contributed by atoms with van der Waals surface area (Å²) in [6.45, 7) is 6.57. The first kappa shape index (κ1) is 14.4. The number of rotatable bonds is 5. The number of aryl methyl sites for hydroxylation is 1. The number of nitrogens with zero attached hydrogens (tertiary/aromatic N) is 2. The summed E-state index contributed by atoms with van der Waals surface area (Å²) < 4.78 is 3.28. The maximum Gasteiger partial charge on any atom is 0.329 e. The van der Waals surface area contributed by atoms with Crippen molar-refractivity contribution in [3.8, 4) is 0 Å². The third kappa shape index (κ3) is 2.76. The molecule has 0 radical (unpaired) electrons. The first-order valence-electron chi connectivity index (χ1n) is 7.02. The first-order chi connectivity index (χ1) is 9.54. The van der Waals surface area contributed by atoms with E-state index in [2.05, 4.69) is 5.32 Å². The van der Waals surface area contributed by atoms with Crippen LogP contribution >= 0.6 is 0 Å². The summed E-state index contributed by atoms with van der Waals surface area (Å²) in [4.78, 5) is 24.4. The molecule has 1 N–H and O–H groups in total. The van der Waals surface area contributed by atoms with Gasteiger partial charge in [-0.25, -0.2) is 4.79 Å². The van der Waals surface area contributed by atoms with Crippen molar-refractivity contribution < 1.29 is 4.79 Å². The number of imidazole rings is 1. The zero-order valence-corrected chi connectivity index (χ0v) is 12.2. The SMILES string of the molecule is CCCn1c(=O)n(CC(=O)NC(C)C)c2ccccc21. The number of aromatic nitrogens is 2. The third-order valence-electron chi connectivity index (χ3n) is 3.12. The number of amides is 1. The van der Waals surface area contributed by atoms with Crippen LogP contribution < -0.4 is 11.0 Å². The van der Waals surface area contributed by atoms with Gasteiger partial charge in [0.15, 0.2) is 0 Å². The average Bonchev–Trinajstić information content (AvgIpc) is 2.64. The van der Waals surface area contributed by atoms with Crippen LogP contribution in [0.15, 0.2) is 29.1 Å². The van der Waals surface area contributed by atoms with Crippen LogP contribution in [-0.2, 0) is 17.9 Å². The third-order valence-corrected chi connectivity index (χ3v) is 3.12. The van der Waals surface area contributed by atoms with Crippen LogP contribution in [0.1, 0.15) is 27.2 Å². The second-order valence-corrected chi connectivity index (χ2v) is 5.23. The molecule has 0 aliphatic rings. The number of hydrogen-bond donors (Lipinski definition) is 1. The Hall–Kier alpha value is -2.04. The summed E-state index contributed by atoms with van der Waals surface area (Å²) in [5.74, 6) is -0.137. The predicted molar refractivity (Wildman–Crippen MR) is 79.8 cm³/mol. The van der Waals surface area contributed by atoms with Gasteiger partial charge in [-0.2, -0.15) is 0 Å². The summed E-state index contributed by atoms with van der Waals surface area (Å²) >= 11 is 0. The highest BCUT2D eigenvalue weighted by molar-refractivity contribution is 5.81. The molecule has 0 saturated carbocycles. The smallest absolute Gasteiger partial charge is 0.329 e. The average molecular weight is 275 g/mol. The highest BCUT2D eigenvalue weighted by Gasteiger charge is 2.14. The fraction of sp³-hybridized carbons (Fsp3) is 0.467. The molecule has 5 heteroatoms. The molecule has 0 atom stereocenters. The maximum absolute atomic E-state index is 12.4. The maximum atomic E-state index is 12.4.